The van der Waals surface area contributed by atoms with Crippen molar-refractivity contribution in [2.24, 2.45) is 5.92 Å². The molecule has 1 aliphatic heterocycles. The average molecular weight is 250 g/mol. The van der Waals surface area contributed by atoms with Crippen LogP contribution >= 0.6 is 0 Å². The van der Waals surface area contributed by atoms with Crippen LogP contribution < -0.4 is 5.19 Å². The van der Waals surface area contributed by atoms with Crippen molar-refractivity contribution >= 4 is 13.7 Å². The number of hydrogen-bond donors (Lipinski definition) is 0. The largest absolute Gasteiger partial charge is 0.394 e. The third kappa shape index (κ3) is 2.32. The molecular formula is C14H22O2Si. The Morgan fingerprint density at radius 1 is 1.29 bits per heavy atom. The molecule has 1 aromatic carbocycles. The second-order valence-corrected chi connectivity index (χ2v) is 8.66. The fourth-order valence-electron chi connectivity index (χ4n) is 2.49. The Hall–Kier alpha value is -0.643. The van der Waals surface area contributed by atoms with Gasteiger partial charge in [0.1, 0.15) is 0 Å². The summed E-state index contributed by atoms with van der Waals surface area (Å²) in [7, 11) is -0.413. The maximum Gasteiger partial charge on any atom is 0.372 e. The molecule has 0 amide bonds. The van der Waals surface area contributed by atoms with E-state index in [1.54, 1.807) is 7.11 Å². The van der Waals surface area contributed by atoms with Gasteiger partial charge in [0.25, 0.3) is 0 Å². The Balaban J connectivity index is 2.34. The smallest absolute Gasteiger partial charge is 0.372 e. The van der Waals surface area contributed by atoms with Crippen molar-refractivity contribution in [3.8, 4) is 0 Å². The highest BCUT2D eigenvalue weighted by atomic mass is 28.4. The van der Waals surface area contributed by atoms with Crippen LogP contribution in [0.2, 0.25) is 6.04 Å². The predicted molar refractivity (Wildman–Crippen MR) is 72.6 cm³/mol. The Morgan fingerprint density at radius 2 is 1.94 bits per heavy atom. The lowest BCUT2D eigenvalue weighted by Crippen LogP contribution is -2.61. The van der Waals surface area contributed by atoms with Gasteiger partial charge in [0.15, 0.2) is 0 Å². The van der Waals surface area contributed by atoms with Gasteiger partial charge < -0.3 is 8.85 Å². The molecule has 1 saturated heterocycles. The molecule has 1 heterocycles. The van der Waals surface area contributed by atoms with Crippen molar-refractivity contribution in [1.82, 2.24) is 0 Å². The summed E-state index contributed by atoms with van der Waals surface area (Å²) in [5, 5.41) is 1.25. The van der Waals surface area contributed by atoms with Gasteiger partial charge in [-0.25, -0.2) is 0 Å². The van der Waals surface area contributed by atoms with Crippen molar-refractivity contribution < 1.29 is 8.85 Å². The summed E-state index contributed by atoms with van der Waals surface area (Å²) in [6, 6.07) is 11.5. The summed E-state index contributed by atoms with van der Waals surface area (Å²) < 4.78 is 12.3. The van der Waals surface area contributed by atoms with Gasteiger partial charge in [-0.15, -0.1) is 0 Å². The predicted octanol–water partition coefficient (Wildman–Crippen LogP) is 2.82. The molecule has 94 valence electrons. The standard InChI is InChI=1S/C14H22O2Si/c1-12-10-11-17(15-4,16-14(12,2)3)13-8-6-5-7-9-13/h5-9,12H,10-11H2,1-4H3. The van der Waals surface area contributed by atoms with E-state index in [9.17, 15) is 0 Å². The summed E-state index contributed by atoms with van der Waals surface area (Å²) >= 11 is 0. The zero-order valence-electron chi connectivity index (χ0n) is 11.2. The minimum atomic E-state index is -2.21. The van der Waals surface area contributed by atoms with E-state index >= 15 is 0 Å². The van der Waals surface area contributed by atoms with Gasteiger partial charge in [-0.2, -0.15) is 0 Å². The van der Waals surface area contributed by atoms with Crippen LogP contribution in [0.4, 0.5) is 0 Å². The van der Waals surface area contributed by atoms with Crippen molar-refractivity contribution in [3.63, 3.8) is 0 Å². The second kappa shape index (κ2) is 4.56. The second-order valence-electron chi connectivity index (χ2n) is 5.47. The fraction of sp³-hybridized carbons (Fsp3) is 0.571. The Bertz CT molecular complexity index is 377. The number of benzene rings is 1. The van der Waals surface area contributed by atoms with Crippen LogP contribution in [-0.4, -0.2) is 21.3 Å². The molecule has 1 aromatic rings. The number of hydrogen-bond acceptors (Lipinski definition) is 2. The monoisotopic (exact) mass is 250 g/mol. The summed E-state index contributed by atoms with van der Waals surface area (Å²) in [6.07, 6.45) is 1.18. The minimum absolute atomic E-state index is 0.0870. The minimum Gasteiger partial charge on any atom is -0.394 e. The first-order valence-electron chi connectivity index (χ1n) is 6.31. The summed E-state index contributed by atoms with van der Waals surface area (Å²) in [5.41, 5.74) is -0.0870. The summed E-state index contributed by atoms with van der Waals surface area (Å²) in [5.74, 6) is 0.585. The molecule has 2 nitrogen and oxygen atoms in total. The number of rotatable bonds is 2. The van der Waals surface area contributed by atoms with Gasteiger partial charge in [0.05, 0.1) is 5.60 Å². The van der Waals surface area contributed by atoms with E-state index in [0.717, 1.165) is 6.04 Å². The van der Waals surface area contributed by atoms with Gasteiger partial charge in [0, 0.05) is 7.11 Å². The zero-order chi connectivity index (χ0) is 12.5. The highest BCUT2D eigenvalue weighted by Gasteiger charge is 2.49. The molecule has 3 heteroatoms. The third-order valence-corrected chi connectivity index (χ3v) is 7.74. The highest BCUT2D eigenvalue weighted by Crippen LogP contribution is 2.37. The van der Waals surface area contributed by atoms with Crippen molar-refractivity contribution in [3.05, 3.63) is 30.3 Å². The van der Waals surface area contributed by atoms with Crippen LogP contribution in [0.5, 0.6) is 0 Å². The van der Waals surface area contributed by atoms with E-state index in [1.165, 1.54) is 11.6 Å². The van der Waals surface area contributed by atoms with Crippen LogP contribution in [0.3, 0.4) is 0 Å². The van der Waals surface area contributed by atoms with Gasteiger partial charge in [-0.1, -0.05) is 37.3 Å². The van der Waals surface area contributed by atoms with Gasteiger partial charge in [-0.05, 0) is 37.4 Å². The van der Waals surface area contributed by atoms with E-state index in [4.69, 9.17) is 8.85 Å². The van der Waals surface area contributed by atoms with Crippen LogP contribution in [-0.2, 0) is 8.85 Å². The molecule has 2 atom stereocenters. The normalized spacial score (nSPS) is 32.4. The lowest BCUT2D eigenvalue weighted by Gasteiger charge is -2.46. The van der Waals surface area contributed by atoms with Crippen LogP contribution in [0, 0.1) is 5.92 Å². The molecule has 0 aromatic heterocycles. The molecular weight excluding hydrogens is 228 g/mol. The van der Waals surface area contributed by atoms with Crippen LogP contribution in [0.1, 0.15) is 27.2 Å². The fourth-order valence-corrected chi connectivity index (χ4v) is 6.08. The Labute approximate surface area is 105 Å². The molecule has 0 spiro atoms. The molecule has 0 aliphatic carbocycles. The molecule has 1 aliphatic rings. The maximum atomic E-state index is 6.43. The van der Waals surface area contributed by atoms with E-state index in [2.05, 4.69) is 45.0 Å². The molecule has 2 rings (SSSR count). The molecule has 0 radical (unpaired) electrons. The van der Waals surface area contributed by atoms with E-state index < -0.39 is 8.56 Å². The first-order valence-corrected chi connectivity index (χ1v) is 8.33. The van der Waals surface area contributed by atoms with E-state index in [-0.39, 0.29) is 5.60 Å². The SMILES string of the molecule is CO[Si]1(c2ccccc2)CCC(C)C(C)(C)O1. The Morgan fingerprint density at radius 3 is 2.47 bits per heavy atom. The molecule has 1 fully saturated rings. The molecule has 0 N–H and O–H groups in total. The Kier molecular flexibility index (Phi) is 3.43. The molecule has 2 unspecified atom stereocenters. The summed E-state index contributed by atoms with van der Waals surface area (Å²) in [6.45, 7) is 6.63. The maximum absolute atomic E-state index is 6.43. The average Bonchev–Trinajstić information content (AvgIpc) is 2.34. The quantitative estimate of drug-likeness (QED) is 0.752. The van der Waals surface area contributed by atoms with E-state index in [1.807, 2.05) is 6.07 Å². The van der Waals surface area contributed by atoms with E-state index in [0.29, 0.717) is 5.92 Å². The lowest BCUT2D eigenvalue weighted by molar-refractivity contribution is -0.00381. The first kappa shape index (κ1) is 12.8. The molecule has 0 bridgehead atoms. The van der Waals surface area contributed by atoms with Crippen LogP contribution in [0.25, 0.3) is 0 Å². The molecule has 0 saturated carbocycles. The highest BCUT2D eigenvalue weighted by molar-refractivity contribution is 6.81. The van der Waals surface area contributed by atoms with Crippen molar-refractivity contribution in [1.29, 1.82) is 0 Å². The first-order chi connectivity index (χ1) is 8.00. The van der Waals surface area contributed by atoms with Gasteiger partial charge in [-0.3, -0.25) is 0 Å². The van der Waals surface area contributed by atoms with Crippen LogP contribution in [0.15, 0.2) is 30.3 Å². The van der Waals surface area contributed by atoms with Gasteiger partial charge in [0.2, 0.25) is 0 Å². The van der Waals surface area contributed by atoms with Crippen molar-refractivity contribution in [2.75, 3.05) is 7.11 Å². The lowest BCUT2D eigenvalue weighted by atomic mass is 9.91. The zero-order valence-corrected chi connectivity index (χ0v) is 12.2. The summed E-state index contributed by atoms with van der Waals surface area (Å²) in [4.78, 5) is 0. The topological polar surface area (TPSA) is 18.5 Å². The van der Waals surface area contributed by atoms with Gasteiger partial charge >= 0.3 is 8.56 Å². The third-order valence-electron chi connectivity index (χ3n) is 4.06. The molecule has 17 heavy (non-hydrogen) atoms. The van der Waals surface area contributed by atoms with Crippen molar-refractivity contribution in [2.45, 2.75) is 38.8 Å².